The number of benzene rings is 1. The minimum Gasteiger partial charge on any atom is -0.444 e. The van der Waals surface area contributed by atoms with Crippen molar-refractivity contribution in [2.45, 2.75) is 58.6 Å². The lowest BCUT2D eigenvalue weighted by molar-refractivity contribution is 0.0188. The summed E-state index contributed by atoms with van der Waals surface area (Å²) in [6.07, 6.45) is -1.46. The van der Waals surface area contributed by atoms with E-state index >= 15 is 0 Å². The number of alkyl halides is 2. The number of carbonyl (C=O) groups is 1. The van der Waals surface area contributed by atoms with E-state index in [1.807, 2.05) is 27.7 Å². The van der Waals surface area contributed by atoms with E-state index in [0.29, 0.717) is 73.9 Å². The molecule has 1 amide bonds. The fourth-order valence-corrected chi connectivity index (χ4v) is 5.14. The number of para-hydroxylation sites is 2. The van der Waals surface area contributed by atoms with E-state index in [1.54, 1.807) is 35.2 Å². The molecule has 10 nitrogen and oxygen atoms in total. The highest BCUT2D eigenvalue weighted by atomic mass is 19.3. The largest absolute Gasteiger partial charge is 0.444 e. The Labute approximate surface area is 232 Å². The minimum absolute atomic E-state index is 0.0654. The first-order valence-corrected chi connectivity index (χ1v) is 13.8. The van der Waals surface area contributed by atoms with Gasteiger partial charge >= 0.3 is 6.09 Å². The third-order valence-corrected chi connectivity index (χ3v) is 7.19. The summed E-state index contributed by atoms with van der Waals surface area (Å²) in [4.78, 5) is 29.9. The van der Waals surface area contributed by atoms with E-state index in [-0.39, 0.29) is 18.0 Å². The zero-order chi connectivity index (χ0) is 28.4. The van der Waals surface area contributed by atoms with Gasteiger partial charge in [0.15, 0.2) is 5.82 Å². The van der Waals surface area contributed by atoms with Gasteiger partial charge in [0.05, 0.1) is 30.3 Å². The van der Waals surface area contributed by atoms with E-state index in [0.717, 1.165) is 12.8 Å². The van der Waals surface area contributed by atoms with Crippen LogP contribution in [0.1, 0.15) is 52.8 Å². The predicted molar refractivity (Wildman–Crippen MR) is 148 cm³/mol. The number of morpholine rings is 1. The topological polar surface area (TPSA) is 97.6 Å². The van der Waals surface area contributed by atoms with E-state index < -0.39 is 12.0 Å². The SMILES string of the molecule is C[C@@H]1COCCN1c1cc(-n2c(C(F)F)nc3ccccc32)nc(NCC2CCN(C(=O)OC(C)(C)C)CC2)n1. The number of hydrogen-bond acceptors (Lipinski definition) is 8. The van der Waals surface area contributed by atoms with E-state index in [9.17, 15) is 13.6 Å². The van der Waals surface area contributed by atoms with Gasteiger partial charge in [0, 0.05) is 32.2 Å². The zero-order valence-electron chi connectivity index (χ0n) is 23.4. The van der Waals surface area contributed by atoms with Crippen LogP contribution in [0.3, 0.4) is 0 Å². The summed E-state index contributed by atoms with van der Waals surface area (Å²) in [5, 5.41) is 3.35. The van der Waals surface area contributed by atoms with Gasteiger partial charge in [-0.1, -0.05) is 12.1 Å². The van der Waals surface area contributed by atoms with Gasteiger partial charge in [0.25, 0.3) is 6.43 Å². The Hall–Kier alpha value is -3.54. The van der Waals surface area contributed by atoms with Gasteiger partial charge in [-0.05, 0) is 58.6 Å². The van der Waals surface area contributed by atoms with Crippen LogP contribution >= 0.6 is 0 Å². The summed E-state index contributed by atoms with van der Waals surface area (Å²) in [5.41, 5.74) is 0.500. The van der Waals surface area contributed by atoms with Crippen LogP contribution in [0.4, 0.5) is 25.3 Å². The lowest BCUT2D eigenvalue weighted by atomic mass is 9.97. The lowest BCUT2D eigenvalue weighted by Gasteiger charge is -2.35. The molecule has 1 N–H and O–H groups in total. The van der Waals surface area contributed by atoms with Crippen molar-refractivity contribution in [2.24, 2.45) is 5.92 Å². The van der Waals surface area contributed by atoms with Crippen LogP contribution in [0.2, 0.25) is 0 Å². The van der Waals surface area contributed by atoms with Crippen LogP contribution in [0.5, 0.6) is 0 Å². The lowest BCUT2D eigenvalue weighted by Crippen LogP contribution is -2.44. The maximum atomic E-state index is 14.1. The Morgan fingerprint density at radius 1 is 1.12 bits per heavy atom. The van der Waals surface area contributed by atoms with Crippen molar-refractivity contribution in [1.29, 1.82) is 0 Å². The number of ether oxygens (including phenoxy) is 2. The molecule has 0 unspecified atom stereocenters. The molecule has 0 saturated carbocycles. The third kappa shape index (κ3) is 6.27. The molecule has 2 aromatic heterocycles. The molecule has 0 spiro atoms. The Morgan fingerprint density at radius 3 is 2.55 bits per heavy atom. The number of anilines is 2. The van der Waals surface area contributed by atoms with Gasteiger partial charge in [-0.3, -0.25) is 4.57 Å². The number of imidazole rings is 1. The third-order valence-electron chi connectivity index (χ3n) is 7.19. The molecular weight excluding hydrogens is 520 g/mol. The van der Waals surface area contributed by atoms with Gasteiger partial charge in [-0.2, -0.15) is 9.97 Å². The quantitative estimate of drug-likeness (QED) is 0.451. The number of carbonyl (C=O) groups excluding carboxylic acids is 1. The minimum atomic E-state index is -2.78. The van der Waals surface area contributed by atoms with E-state index in [4.69, 9.17) is 14.5 Å². The van der Waals surface area contributed by atoms with Crippen molar-refractivity contribution >= 4 is 28.9 Å². The second-order valence-electron chi connectivity index (χ2n) is 11.4. The van der Waals surface area contributed by atoms with Crippen molar-refractivity contribution < 1.29 is 23.0 Å². The Kier molecular flexibility index (Phi) is 8.07. The van der Waals surface area contributed by atoms with Crippen LogP contribution in [0.25, 0.3) is 16.9 Å². The molecule has 2 saturated heterocycles. The molecule has 2 aliphatic heterocycles. The normalized spacial score (nSPS) is 18.9. The fourth-order valence-electron chi connectivity index (χ4n) is 5.14. The van der Waals surface area contributed by atoms with Crippen LogP contribution in [-0.2, 0) is 9.47 Å². The number of aromatic nitrogens is 4. The molecule has 4 heterocycles. The van der Waals surface area contributed by atoms with Gasteiger partial charge < -0.3 is 24.6 Å². The monoisotopic (exact) mass is 557 g/mol. The van der Waals surface area contributed by atoms with Crippen molar-refractivity contribution in [3.05, 3.63) is 36.2 Å². The number of likely N-dealkylation sites (tertiary alicyclic amines) is 1. The Balaban J connectivity index is 1.39. The highest BCUT2D eigenvalue weighted by Gasteiger charge is 2.28. The van der Waals surface area contributed by atoms with Gasteiger partial charge in [0.1, 0.15) is 17.2 Å². The number of fused-ring (bicyclic) bond motifs is 1. The average molecular weight is 558 g/mol. The number of piperidine rings is 1. The number of halogens is 2. The standard InChI is InChI=1S/C28H37F2N7O3/c1-18-17-39-14-13-36(18)22-15-23(37-21-8-6-5-7-20(21)32-25(37)24(29)30)34-26(33-22)31-16-19-9-11-35(12-10-19)27(38)40-28(2,3)4/h5-8,15,18-19,24H,9-14,16-17H2,1-4H3,(H,31,33,34)/t18-/m1/s1. The van der Waals surface area contributed by atoms with Crippen LogP contribution < -0.4 is 10.2 Å². The summed E-state index contributed by atoms with van der Waals surface area (Å²) < 4.78 is 40.8. The van der Waals surface area contributed by atoms with Gasteiger partial charge in [-0.15, -0.1) is 0 Å². The molecular formula is C28H37F2N7O3. The molecule has 0 bridgehead atoms. The van der Waals surface area contributed by atoms with E-state index in [1.165, 1.54) is 4.57 Å². The van der Waals surface area contributed by atoms with Crippen LogP contribution in [0, 0.1) is 5.92 Å². The molecule has 2 fully saturated rings. The second-order valence-corrected chi connectivity index (χ2v) is 11.4. The molecule has 40 heavy (non-hydrogen) atoms. The maximum Gasteiger partial charge on any atom is 0.410 e. The Bertz CT molecular complexity index is 1340. The van der Waals surface area contributed by atoms with Crippen molar-refractivity contribution in [3.8, 4) is 5.82 Å². The number of hydrogen-bond donors (Lipinski definition) is 1. The summed E-state index contributed by atoms with van der Waals surface area (Å²) in [6.45, 7) is 11.2. The van der Waals surface area contributed by atoms with Crippen molar-refractivity contribution in [3.63, 3.8) is 0 Å². The molecule has 3 aromatic rings. The molecule has 1 aromatic carbocycles. The first kappa shape index (κ1) is 28.0. The summed E-state index contributed by atoms with van der Waals surface area (Å²) in [7, 11) is 0. The molecule has 2 aliphatic rings. The molecule has 216 valence electrons. The Morgan fingerprint density at radius 2 is 1.85 bits per heavy atom. The first-order chi connectivity index (χ1) is 19.1. The first-order valence-electron chi connectivity index (χ1n) is 13.8. The van der Waals surface area contributed by atoms with Crippen molar-refractivity contribution in [1.82, 2.24) is 24.4 Å². The molecule has 1 atom stereocenters. The van der Waals surface area contributed by atoms with Gasteiger partial charge in [-0.25, -0.2) is 18.6 Å². The molecule has 12 heteroatoms. The molecule has 5 rings (SSSR count). The maximum absolute atomic E-state index is 14.1. The molecule has 0 aliphatic carbocycles. The van der Waals surface area contributed by atoms with Gasteiger partial charge in [0.2, 0.25) is 5.95 Å². The number of nitrogens with zero attached hydrogens (tertiary/aromatic N) is 6. The zero-order valence-corrected chi connectivity index (χ0v) is 23.4. The highest BCUT2D eigenvalue weighted by molar-refractivity contribution is 5.78. The van der Waals surface area contributed by atoms with E-state index in [2.05, 4.69) is 20.2 Å². The number of amides is 1. The number of rotatable bonds is 6. The number of nitrogens with one attached hydrogen (secondary N) is 1. The summed E-state index contributed by atoms with van der Waals surface area (Å²) in [6, 6.07) is 8.86. The highest BCUT2D eigenvalue weighted by Crippen LogP contribution is 2.30. The van der Waals surface area contributed by atoms with Crippen LogP contribution in [-0.4, -0.2) is 81.5 Å². The second kappa shape index (κ2) is 11.5. The smallest absolute Gasteiger partial charge is 0.410 e. The summed E-state index contributed by atoms with van der Waals surface area (Å²) >= 11 is 0. The van der Waals surface area contributed by atoms with Crippen LogP contribution in [0.15, 0.2) is 30.3 Å². The summed E-state index contributed by atoms with van der Waals surface area (Å²) in [5.74, 6) is 1.26. The molecule has 0 radical (unpaired) electrons. The predicted octanol–water partition coefficient (Wildman–Crippen LogP) is 5.04. The average Bonchev–Trinajstić information content (AvgIpc) is 3.32. The van der Waals surface area contributed by atoms with Crippen molar-refractivity contribution in [2.75, 3.05) is 49.6 Å². The fraction of sp³-hybridized carbons (Fsp3) is 0.571.